The molecule has 0 radical (unpaired) electrons. The van der Waals surface area contributed by atoms with Crippen molar-refractivity contribution in [3.63, 3.8) is 0 Å². The number of hydrogen-bond donors (Lipinski definition) is 1. The largest absolute Gasteiger partial charge is 0.476 e. The van der Waals surface area contributed by atoms with Crippen LogP contribution < -0.4 is 10.5 Å². The van der Waals surface area contributed by atoms with E-state index in [0.717, 1.165) is 17.7 Å². The highest BCUT2D eigenvalue weighted by atomic mass is 16.5. The average molecular weight is 233 g/mol. The number of aromatic nitrogens is 4. The van der Waals surface area contributed by atoms with Crippen LogP contribution in [0.3, 0.4) is 0 Å². The van der Waals surface area contributed by atoms with Crippen molar-refractivity contribution in [2.75, 3.05) is 12.3 Å². The summed E-state index contributed by atoms with van der Waals surface area (Å²) in [6.07, 6.45) is 2.52. The highest BCUT2D eigenvalue weighted by Gasteiger charge is 2.23. The molecule has 2 N–H and O–H groups in total. The lowest BCUT2D eigenvalue weighted by atomic mass is 10.2. The fourth-order valence-electron chi connectivity index (χ4n) is 1.74. The Morgan fingerprint density at radius 3 is 2.76 bits per heavy atom. The maximum absolute atomic E-state index is 5.73. The summed E-state index contributed by atoms with van der Waals surface area (Å²) in [7, 11) is 0. The van der Waals surface area contributed by atoms with E-state index in [0.29, 0.717) is 23.4 Å². The Morgan fingerprint density at radius 2 is 2.06 bits per heavy atom. The van der Waals surface area contributed by atoms with E-state index in [-0.39, 0.29) is 0 Å². The third-order valence-corrected chi connectivity index (χ3v) is 3.23. The standard InChI is InChI=1S/C11H15N5O/c1-6-7(2)10(17-5-8-3-4-8)15-16-9(6)13-14-11(16)12/h8H,3-5H2,1-2H3,(H2,12,14). The quantitative estimate of drug-likeness (QED) is 0.859. The lowest BCUT2D eigenvalue weighted by Crippen LogP contribution is -2.08. The number of hydrogen-bond acceptors (Lipinski definition) is 5. The minimum absolute atomic E-state index is 0.291. The van der Waals surface area contributed by atoms with E-state index in [2.05, 4.69) is 15.3 Å². The number of fused-ring (bicyclic) bond motifs is 1. The van der Waals surface area contributed by atoms with Crippen LogP contribution in [0, 0.1) is 19.8 Å². The van der Waals surface area contributed by atoms with Gasteiger partial charge in [0.05, 0.1) is 6.61 Å². The predicted octanol–water partition coefficient (Wildman–Crippen LogP) is 1.11. The molecule has 1 aliphatic carbocycles. The Labute approximate surface area is 98.8 Å². The number of rotatable bonds is 3. The molecular formula is C11H15N5O. The van der Waals surface area contributed by atoms with Gasteiger partial charge < -0.3 is 10.5 Å². The van der Waals surface area contributed by atoms with Gasteiger partial charge in [-0.1, -0.05) is 0 Å². The van der Waals surface area contributed by atoms with Gasteiger partial charge in [-0.25, -0.2) is 0 Å². The van der Waals surface area contributed by atoms with Gasteiger partial charge in [0.2, 0.25) is 11.8 Å². The minimum atomic E-state index is 0.291. The molecule has 0 amide bonds. The van der Waals surface area contributed by atoms with Gasteiger partial charge in [0.1, 0.15) is 0 Å². The molecular weight excluding hydrogens is 218 g/mol. The molecule has 6 heteroatoms. The lowest BCUT2D eigenvalue weighted by molar-refractivity contribution is 0.282. The Kier molecular flexibility index (Phi) is 2.17. The number of ether oxygens (including phenoxy) is 1. The van der Waals surface area contributed by atoms with Crippen LogP contribution >= 0.6 is 0 Å². The number of anilines is 1. The second-order valence-electron chi connectivity index (χ2n) is 4.60. The van der Waals surface area contributed by atoms with E-state index < -0.39 is 0 Å². The molecule has 1 fully saturated rings. The molecule has 1 aliphatic rings. The number of nitrogen functional groups attached to an aromatic ring is 1. The average Bonchev–Trinajstić information content (AvgIpc) is 3.07. The van der Waals surface area contributed by atoms with Crippen LogP contribution in [0.5, 0.6) is 5.88 Å². The summed E-state index contributed by atoms with van der Waals surface area (Å²) in [6.45, 7) is 4.70. The van der Waals surface area contributed by atoms with Crippen LogP contribution in [0.25, 0.3) is 5.65 Å². The van der Waals surface area contributed by atoms with Crippen LogP contribution in [0.15, 0.2) is 0 Å². The molecule has 0 atom stereocenters. The molecule has 2 aromatic rings. The molecule has 17 heavy (non-hydrogen) atoms. The zero-order chi connectivity index (χ0) is 12.0. The summed E-state index contributed by atoms with van der Waals surface area (Å²) in [4.78, 5) is 0. The Morgan fingerprint density at radius 1 is 1.29 bits per heavy atom. The first-order chi connectivity index (χ1) is 8.16. The van der Waals surface area contributed by atoms with Crippen molar-refractivity contribution in [3.8, 4) is 5.88 Å². The number of aryl methyl sites for hydroxylation is 1. The molecule has 0 spiro atoms. The molecule has 0 saturated heterocycles. The third kappa shape index (κ3) is 1.69. The van der Waals surface area contributed by atoms with E-state index in [1.54, 1.807) is 0 Å². The molecule has 3 rings (SSSR count). The summed E-state index contributed by atoms with van der Waals surface area (Å²) in [5.41, 5.74) is 8.41. The molecule has 0 unspecified atom stereocenters. The second-order valence-corrected chi connectivity index (χ2v) is 4.60. The van der Waals surface area contributed by atoms with Gasteiger partial charge >= 0.3 is 0 Å². The van der Waals surface area contributed by atoms with Crippen molar-refractivity contribution in [3.05, 3.63) is 11.1 Å². The Bertz CT molecular complexity index is 573. The fraction of sp³-hybridized carbons (Fsp3) is 0.545. The Hall–Kier alpha value is -1.85. The lowest BCUT2D eigenvalue weighted by Gasteiger charge is -2.10. The van der Waals surface area contributed by atoms with Gasteiger partial charge in [0.25, 0.3) is 0 Å². The highest BCUT2D eigenvalue weighted by molar-refractivity contribution is 5.54. The smallest absolute Gasteiger partial charge is 0.243 e. The third-order valence-electron chi connectivity index (χ3n) is 3.23. The minimum Gasteiger partial charge on any atom is -0.476 e. The molecule has 0 aliphatic heterocycles. The van der Waals surface area contributed by atoms with Crippen molar-refractivity contribution in [2.45, 2.75) is 26.7 Å². The van der Waals surface area contributed by atoms with E-state index >= 15 is 0 Å². The summed E-state index contributed by atoms with van der Waals surface area (Å²) in [5.74, 6) is 1.62. The summed E-state index contributed by atoms with van der Waals surface area (Å²) < 4.78 is 7.26. The summed E-state index contributed by atoms with van der Waals surface area (Å²) in [5, 5.41) is 12.2. The van der Waals surface area contributed by atoms with Crippen LogP contribution in [-0.2, 0) is 0 Å². The number of nitrogens with zero attached hydrogens (tertiary/aromatic N) is 4. The van der Waals surface area contributed by atoms with E-state index in [1.807, 2.05) is 13.8 Å². The van der Waals surface area contributed by atoms with E-state index in [4.69, 9.17) is 10.5 Å². The van der Waals surface area contributed by atoms with Gasteiger partial charge in [-0.3, -0.25) is 0 Å². The predicted molar refractivity (Wildman–Crippen MR) is 62.9 cm³/mol. The van der Waals surface area contributed by atoms with Crippen LogP contribution in [-0.4, -0.2) is 26.4 Å². The van der Waals surface area contributed by atoms with E-state index in [1.165, 1.54) is 17.4 Å². The second kappa shape index (κ2) is 3.58. The zero-order valence-electron chi connectivity index (χ0n) is 9.97. The van der Waals surface area contributed by atoms with Gasteiger partial charge in [0, 0.05) is 11.1 Å². The van der Waals surface area contributed by atoms with Crippen molar-refractivity contribution in [1.29, 1.82) is 0 Å². The summed E-state index contributed by atoms with van der Waals surface area (Å²) in [6, 6.07) is 0. The maximum Gasteiger partial charge on any atom is 0.243 e. The summed E-state index contributed by atoms with van der Waals surface area (Å²) >= 11 is 0. The zero-order valence-corrected chi connectivity index (χ0v) is 9.97. The molecule has 2 aromatic heterocycles. The molecule has 6 nitrogen and oxygen atoms in total. The fourth-order valence-corrected chi connectivity index (χ4v) is 1.74. The van der Waals surface area contributed by atoms with Gasteiger partial charge in [0.15, 0.2) is 5.65 Å². The topological polar surface area (TPSA) is 78.3 Å². The number of nitrogens with two attached hydrogens (primary N) is 1. The Balaban J connectivity index is 2.03. The first-order valence-electron chi connectivity index (χ1n) is 5.77. The van der Waals surface area contributed by atoms with Gasteiger partial charge in [-0.2, -0.15) is 4.52 Å². The van der Waals surface area contributed by atoms with Crippen molar-refractivity contribution in [1.82, 2.24) is 19.8 Å². The van der Waals surface area contributed by atoms with E-state index in [9.17, 15) is 0 Å². The van der Waals surface area contributed by atoms with Gasteiger partial charge in [-0.05, 0) is 32.6 Å². The molecule has 0 aromatic carbocycles. The monoisotopic (exact) mass is 233 g/mol. The van der Waals surface area contributed by atoms with Crippen molar-refractivity contribution in [2.24, 2.45) is 5.92 Å². The van der Waals surface area contributed by atoms with Crippen LogP contribution in [0.2, 0.25) is 0 Å². The highest BCUT2D eigenvalue weighted by Crippen LogP contribution is 2.30. The first kappa shape index (κ1) is 10.3. The van der Waals surface area contributed by atoms with Crippen LogP contribution in [0.1, 0.15) is 24.0 Å². The van der Waals surface area contributed by atoms with Crippen LogP contribution in [0.4, 0.5) is 5.95 Å². The SMILES string of the molecule is Cc1c(OCC2CC2)nn2c(N)nnc2c1C. The maximum atomic E-state index is 5.73. The van der Waals surface area contributed by atoms with Crippen molar-refractivity contribution < 1.29 is 4.74 Å². The molecule has 1 saturated carbocycles. The molecule has 2 heterocycles. The molecule has 90 valence electrons. The van der Waals surface area contributed by atoms with Gasteiger partial charge in [-0.15, -0.1) is 15.3 Å². The van der Waals surface area contributed by atoms with Crippen molar-refractivity contribution >= 4 is 11.6 Å². The first-order valence-corrected chi connectivity index (χ1v) is 5.77. The normalized spacial score (nSPS) is 15.4. The molecule has 0 bridgehead atoms.